The fourth-order valence-electron chi connectivity index (χ4n) is 2.61. The van der Waals surface area contributed by atoms with Gasteiger partial charge < -0.3 is 0 Å². The Balaban J connectivity index is -0.000000280. The zero-order valence-corrected chi connectivity index (χ0v) is 22.7. The van der Waals surface area contributed by atoms with Gasteiger partial charge in [0, 0.05) is 0 Å². The maximum absolute atomic E-state index is 3.69. The third-order valence-electron chi connectivity index (χ3n) is 4.28. The van der Waals surface area contributed by atoms with Crippen LogP contribution in [0.25, 0.3) is 0 Å². The van der Waals surface area contributed by atoms with E-state index in [-0.39, 0.29) is 15.8 Å². The van der Waals surface area contributed by atoms with Crippen LogP contribution in [-0.4, -0.2) is 37.0 Å². The molecule has 0 aromatic heterocycles. The quantitative estimate of drug-likeness (QED) is 0.215. The van der Waals surface area contributed by atoms with Crippen molar-refractivity contribution in [1.82, 2.24) is 0 Å². The number of rotatable bonds is 6. The molecule has 153 valence electrons. The maximum atomic E-state index is 3.69. The van der Waals surface area contributed by atoms with E-state index in [1.807, 2.05) is 0 Å². The molecule has 4 heteroatoms. The van der Waals surface area contributed by atoms with E-state index >= 15 is 0 Å². The Morgan fingerprint density at radius 2 is 0.920 bits per heavy atom. The predicted octanol–water partition coefficient (Wildman–Crippen LogP) is 7.78. The van der Waals surface area contributed by atoms with Crippen molar-refractivity contribution in [2.45, 2.75) is 62.3 Å². The van der Waals surface area contributed by atoms with Crippen LogP contribution < -0.4 is 0 Å². The number of hydrogen-bond acceptors (Lipinski definition) is 0. The van der Waals surface area contributed by atoms with Crippen LogP contribution in [0.1, 0.15) is 58.2 Å². The van der Waals surface area contributed by atoms with Gasteiger partial charge in [0.2, 0.25) is 0 Å². The van der Waals surface area contributed by atoms with E-state index in [4.69, 9.17) is 0 Å². The van der Waals surface area contributed by atoms with Gasteiger partial charge in [0.05, 0.1) is 37.0 Å². The van der Waals surface area contributed by atoms with E-state index < -0.39 is 0 Å². The summed E-state index contributed by atoms with van der Waals surface area (Å²) < 4.78 is 0. The molecule has 0 fully saturated rings. The first-order chi connectivity index (χ1) is 11.9. The van der Waals surface area contributed by atoms with Crippen LogP contribution in [0.2, 0.25) is 0 Å². The van der Waals surface area contributed by atoms with Gasteiger partial charge in [-0.1, -0.05) is 20.8 Å². The Morgan fingerprint density at radius 3 is 1.04 bits per heavy atom. The van der Waals surface area contributed by atoms with Crippen molar-refractivity contribution in [2.75, 3.05) is 37.0 Å². The van der Waals surface area contributed by atoms with Crippen LogP contribution in [0.3, 0.4) is 0 Å². The molecule has 0 saturated carbocycles. The van der Waals surface area contributed by atoms with Crippen molar-refractivity contribution in [3.63, 3.8) is 0 Å². The van der Waals surface area contributed by atoms with E-state index in [9.17, 15) is 0 Å². The molecule has 0 nitrogen and oxygen atoms in total. The first kappa shape index (κ1) is 30.8. The normalized spacial score (nSPS) is 9.52. The van der Waals surface area contributed by atoms with Crippen LogP contribution in [0.15, 0.2) is 12.1 Å². The Kier molecular flexibility index (Phi) is 28.4. The van der Waals surface area contributed by atoms with E-state index in [0.717, 1.165) is 0 Å². The third-order valence-corrected chi connectivity index (χ3v) is 10.3. The zero-order chi connectivity index (χ0) is 20.3. The minimum atomic E-state index is 0.137. The second kappa shape index (κ2) is 23.1. The molecule has 0 heterocycles. The Hall–Kier alpha value is 1.05. The van der Waals surface area contributed by atoms with Gasteiger partial charge in [0.25, 0.3) is 0 Å². The molecule has 1 rings (SSSR count). The summed E-state index contributed by atoms with van der Waals surface area (Å²) >= 11 is 6.25. The van der Waals surface area contributed by atoms with Crippen molar-refractivity contribution in [1.29, 1.82) is 0 Å². The van der Waals surface area contributed by atoms with Crippen molar-refractivity contribution in [3.8, 4) is 0 Å². The third kappa shape index (κ3) is 21.2. The molecule has 0 atom stereocenters. The molecule has 0 N–H and O–H groups in total. The first-order valence-electron chi connectivity index (χ1n) is 9.64. The van der Waals surface area contributed by atoms with Crippen LogP contribution in [0.4, 0.5) is 0 Å². The summed E-state index contributed by atoms with van der Waals surface area (Å²) in [5.41, 5.74) is 3.78. The van der Waals surface area contributed by atoms with Gasteiger partial charge in [0.15, 0.2) is 0 Å². The average molecular weight is 496 g/mol. The topological polar surface area (TPSA) is 0 Å². The standard InChI is InChI=1S/C9H11.2C6H15P.BrH.Ni/c1-7-4-8(2)6-9(3)5-7;2*1-4-7(5-2)6-3;;/h4-5H,1-3H3;2*4-6H2,1-3H3;1H;/q-1;;;;+1/p+1. The SMILES string of the molecule is CC[PH+](CC)CC.CC[PH+](CC)CC.Cc1[c-]c(C)cc(C)c1.[Ni][Br]. The summed E-state index contributed by atoms with van der Waals surface area (Å²) in [5.74, 6) is 0. The summed E-state index contributed by atoms with van der Waals surface area (Å²) in [5, 5.41) is 0. The van der Waals surface area contributed by atoms with Gasteiger partial charge >= 0.3 is 27.9 Å². The van der Waals surface area contributed by atoms with Gasteiger partial charge in [-0.2, -0.15) is 34.9 Å². The van der Waals surface area contributed by atoms with Crippen LogP contribution in [0, 0.1) is 26.8 Å². The van der Waals surface area contributed by atoms with Crippen molar-refractivity contribution < 1.29 is 13.7 Å². The molecule has 0 unspecified atom stereocenters. The second-order valence-corrected chi connectivity index (χ2v) is 13.4. The van der Waals surface area contributed by atoms with Gasteiger partial charge in [-0.3, -0.25) is 0 Å². The van der Waals surface area contributed by atoms with Crippen molar-refractivity contribution >= 4 is 30.1 Å². The number of aryl methyl sites for hydroxylation is 3. The minimum absolute atomic E-state index is 0.137. The molecular weight excluding hydrogens is 453 g/mol. The molecule has 0 aliphatic carbocycles. The number of halogens is 1. The Labute approximate surface area is 177 Å². The molecule has 0 aliphatic heterocycles. The monoisotopic (exact) mass is 494 g/mol. The summed E-state index contributed by atoms with van der Waals surface area (Å²) in [6.07, 6.45) is 8.74. The van der Waals surface area contributed by atoms with Gasteiger partial charge in [0.1, 0.15) is 0 Å². The van der Waals surface area contributed by atoms with E-state index in [0.29, 0.717) is 0 Å². The van der Waals surface area contributed by atoms with E-state index in [2.05, 4.69) is 108 Å². The molecule has 0 amide bonds. The summed E-state index contributed by atoms with van der Waals surface area (Å²) in [7, 11) is 0.275. The van der Waals surface area contributed by atoms with Crippen LogP contribution in [-0.2, 0) is 13.7 Å². The van der Waals surface area contributed by atoms with Crippen LogP contribution >= 0.6 is 30.1 Å². The molecule has 0 saturated heterocycles. The average Bonchev–Trinajstić information content (AvgIpc) is 2.60. The van der Waals surface area contributed by atoms with Crippen LogP contribution in [0.5, 0.6) is 0 Å². The fraction of sp³-hybridized carbons (Fsp3) is 0.714. The van der Waals surface area contributed by atoms with Gasteiger partial charge in [-0.05, 0) is 57.4 Å². The molecule has 25 heavy (non-hydrogen) atoms. The van der Waals surface area contributed by atoms with E-state index in [1.54, 1.807) is 0 Å². The summed E-state index contributed by atoms with van der Waals surface area (Å²) in [4.78, 5) is 0. The van der Waals surface area contributed by atoms with Gasteiger partial charge in [-0.25, -0.2) is 0 Å². The van der Waals surface area contributed by atoms with Gasteiger partial charge in [-0.15, -0.1) is 0 Å². The fourth-order valence-corrected chi connectivity index (χ4v) is 5.61. The second-order valence-electron chi connectivity index (χ2n) is 6.15. The Morgan fingerprint density at radius 1 is 0.680 bits per heavy atom. The number of benzene rings is 1. The van der Waals surface area contributed by atoms with Crippen molar-refractivity contribution in [3.05, 3.63) is 34.9 Å². The predicted molar refractivity (Wildman–Crippen MR) is 128 cm³/mol. The summed E-state index contributed by atoms with van der Waals surface area (Å²) in [6.45, 7) is 20.1. The molecule has 0 bridgehead atoms. The van der Waals surface area contributed by atoms with Crippen molar-refractivity contribution in [2.24, 2.45) is 0 Å². The molecule has 0 radical (unpaired) electrons. The molecule has 0 aliphatic rings. The zero-order valence-electron chi connectivity index (χ0n) is 18.1. The first-order valence-corrected chi connectivity index (χ1v) is 16.3. The number of hydrogen-bond donors (Lipinski definition) is 0. The Bertz CT molecular complexity index is 305. The molecular formula is C21H43BrNiP2+. The summed E-state index contributed by atoms with van der Waals surface area (Å²) in [6, 6.07) is 7.47. The van der Waals surface area contributed by atoms with E-state index in [1.165, 1.54) is 53.7 Å². The molecule has 1 aromatic carbocycles. The molecule has 1 aromatic rings. The molecule has 0 spiro atoms.